The Labute approximate surface area is 120 Å². The van der Waals surface area contributed by atoms with Crippen molar-refractivity contribution in [3.05, 3.63) is 22.4 Å². The largest absolute Gasteiger partial charge is 0.349 e. The van der Waals surface area contributed by atoms with E-state index in [4.69, 9.17) is 5.73 Å². The van der Waals surface area contributed by atoms with Gasteiger partial charge in [-0.2, -0.15) is 0 Å². The van der Waals surface area contributed by atoms with Gasteiger partial charge in [0.15, 0.2) is 0 Å². The van der Waals surface area contributed by atoms with Gasteiger partial charge in [0.05, 0.1) is 6.04 Å². The first-order valence-corrected chi connectivity index (χ1v) is 8.08. The van der Waals surface area contributed by atoms with Crippen LogP contribution in [0.2, 0.25) is 0 Å². The maximum absolute atomic E-state index is 11.9. The van der Waals surface area contributed by atoms with Gasteiger partial charge in [-0.3, -0.25) is 4.79 Å². The monoisotopic (exact) mass is 282 g/mol. The summed E-state index contributed by atoms with van der Waals surface area (Å²) in [5, 5.41) is 5.10. The number of nitrogens with two attached hydrogens (primary N) is 1. The van der Waals surface area contributed by atoms with Gasteiger partial charge in [-0.1, -0.05) is 25.8 Å². The van der Waals surface area contributed by atoms with Crippen molar-refractivity contribution >= 4 is 17.2 Å². The Balaban J connectivity index is 2.30. The molecule has 0 aliphatic heterocycles. The fourth-order valence-corrected chi connectivity index (χ4v) is 3.07. The van der Waals surface area contributed by atoms with Crippen molar-refractivity contribution in [2.45, 2.75) is 52.0 Å². The van der Waals surface area contributed by atoms with Gasteiger partial charge < -0.3 is 11.1 Å². The molecule has 2 unspecified atom stereocenters. The lowest BCUT2D eigenvalue weighted by atomic mass is 9.94. The molecule has 19 heavy (non-hydrogen) atoms. The Morgan fingerprint density at radius 3 is 2.79 bits per heavy atom. The molecule has 0 bridgehead atoms. The Bertz CT molecular complexity index is 345. The molecule has 0 radical (unpaired) electrons. The van der Waals surface area contributed by atoms with Crippen molar-refractivity contribution in [3.8, 4) is 0 Å². The predicted molar refractivity (Wildman–Crippen MR) is 82.2 cm³/mol. The van der Waals surface area contributed by atoms with Crippen LogP contribution in [0.25, 0.3) is 0 Å². The van der Waals surface area contributed by atoms with Gasteiger partial charge in [0, 0.05) is 11.3 Å². The second-order valence-electron chi connectivity index (χ2n) is 5.08. The number of rotatable bonds is 9. The fourth-order valence-electron chi connectivity index (χ4n) is 2.33. The van der Waals surface area contributed by atoms with Crippen molar-refractivity contribution in [2.24, 2.45) is 11.7 Å². The Hall–Kier alpha value is -0.870. The van der Waals surface area contributed by atoms with E-state index in [9.17, 15) is 4.79 Å². The first-order valence-electron chi connectivity index (χ1n) is 7.20. The molecule has 0 saturated carbocycles. The molecule has 2 atom stereocenters. The van der Waals surface area contributed by atoms with E-state index in [0.29, 0.717) is 12.3 Å². The van der Waals surface area contributed by atoms with Crippen molar-refractivity contribution in [1.82, 2.24) is 5.32 Å². The summed E-state index contributed by atoms with van der Waals surface area (Å²) in [4.78, 5) is 13.1. The first-order chi connectivity index (χ1) is 9.17. The molecule has 1 aromatic rings. The number of hydrogen-bond donors (Lipinski definition) is 2. The third-order valence-electron chi connectivity index (χ3n) is 3.40. The van der Waals surface area contributed by atoms with Gasteiger partial charge in [-0.15, -0.1) is 11.3 Å². The summed E-state index contributed by atoms with van der Waals surface area (Å²) in [6.45, 7) is 4.94. The van der Waals surface area contributed by atoms with Crippen LogP contribution in [0.5, 0.6) is 0 Å². The fraction of sp³-hybridized carbons (Fsp3) is 0.667. The van der Waals surface area contributed by atoms with Crippen LogP contribution in [0, 0.1) is 5.92 Å². The standard InChI is InChI=1S/C15H26N2OS/c1-3-5-13(9-10-16)7-8-15(18)17-12(2)14-6-4-11-19-14/h4,6,11-13H,3,5,7-10,16H2,1-2H3,(H,17,18). The SMILES string of the molecule is CCCC(CCN)CCC(=O)NC(C)c1cccs1. The van der Waals surface area contributed by atoms with Crippen molar-refractivity contribution in [2.75, 3.05) is 6.54 Å². The van der Waals surface area contributed by atoms with E-state index < -0.39 is 0 Å². The predicted octanol–water partition coefficient (Wildman–Crippen LogP) is 3.47. The Morgan fingerprint density at radius 2 is 2.21 bits per heavy atom. The molecule has 0 aliphatic rings. The molecule has 3 nitrogen and oxygen atoms in total. The maximum Gasteiger partial charge on any atom is 0.220 e. The molecule has 108 valence electrons. The van der Waals surface area contributed by atoms with E-state index in [1.807, 2.05) is 18.4 Å². The molecule has 0 spiro atoms. The lowest BCUT2D eigenvalue weighted by Gasteiger charge is -2.16. The van der Waals surface area contributed by atoms with E-state index in [0.717, 1.165) is 25.8 Å². The molecule has 0 fully saturated rings. The number of carbonyl (C=O) groups excluding carboxylic acids is 1. The average Bonchev–Trinajstić information content (AvgIpc) is 2.90. The van der Waals surface area contributed by atoms with Gasteiger partial charge in [-0.05, 0) is 43.7 Å². The molecule has 0 aliphatic carbocycles. The van der Waals surface area contributed by atoms with E-state index in [-0.39, 0.29) is 11.9 Å². The van der Waals surface area contributed by atoms with Gasteiger partial charge in [0.25, 0.3) is 0 Å². The number of amides is 1. The van der Waals surface area contributed by atoms with Gasteiger partial charge in [-0.25, -0.2) is 0 Å². The van der Waals surface area contributed by atoms with E-state index in [1.54, 1.807) is 11.3 Å². The van der Waals surface area contributed by atoms with E-state index in [1.165, 1.54) is 11.3 Å². The van der Waals surface area contributed by atoms with Crippen LogP contribution in [-0.4, -0.2) is 12.5 Å². The summed E-state index contributed by atoms with van der Waals surface area (Å²) < 4.78 is 0. The molecule has 1 amide bonds. The third kappa shape index (κ3) is 6.21. The molecular formula is C15H26N2OS. The highest BCUT2D eigenvalue weighted by Crippen LogP contribution is 2.20. The first kappa shape index (κ1) is 16.2. The summed E-state index contributed by atoms with van der Waals surface area (Å²) in [7, 11) is 0. The Morgan fingerprint density at radius 1 is 1.42 bits per heavy atom. The van der Waals surface area contributed by atoms with Crippen LogP contribution in [0.15, 0.2) is 17.5 Å². The molecule has 1 rings (SSSR count). The van der Waals surface area contributed by atoms with Gasteiger partial charge in [0.2, 0.25) is 5.91 Å². The molecule has 1 aromatic heterocycles. The normalized spacial score (nSPS) is 14.1. The van der Waals surface area contributed by atoms with Crippen LogP contribution < -0.4 is 11.1 Å². The minimum absolute atomic E-state index is 0.117. The summed E-state index contributed by atoms with van der Waals surface area (Å²) >= 11 is 1.68. The molecule has 3 N–H and O–H groups in total. The van der Waals surface area contributed by atoms with Crippen LogP contribution in [0.1, 0.15) is 56.9 Å². The zero-order valence-corrected chi connectivity index (χ0v) is 12.8. The van der Waals surface area contributed by atoms with Crippen LogP contribution in [0.3, 0.4) is 0 Å². The second-order valence-corrected chi connectivity index (χ2v) is 6.05. The van der Waals surface area contributed by atoms with Crippen LogP contribution in [-0.2, 0) is 4.79 Å². The maximum atomic E-state index is 11.9. The highest BCUT2D eigenvalue weighted by molar-refractivity contribution is 7.10. The zero-order chi connectivity index (χ0) is 14.1. The minimum Gasteiger partial charge on any atom is -0.349 e. The molecule has 4 heteroatoms. The molecule has 0 saturated heterocycles. The summed E-state index contributed by atoms with van der Waals surface area (Å²) in [6, 6.07) is 4.19. The Kier molecular flexibility index (Phi) is 7.75. The average molecular weight is 282 g/mol. The summed E-state index contributed by atoms with van der Waals surface area (Å²) in [5.41, 5.74) is 5.61. The molecular weight excluding hydrogens is 256 g/mol. The number of hydrogen-bond acceptors (Lipinski definition) is 3. The number of carbonyl (C=O) groups is 1. The smallest absolute Gasteiger partial charge is 0.220 e. The quantitative estimate of drug-likeness (QED) is 0.728. The van der Waals surface area contributed by atoms with Crippen LogP contribution >= 0.6 is 11.3 Å². The minimum atomic E-state index is 0.117. The van der Waals surface area contributed by atoms with Crippen molar-refractivity contribution < 1.29 is 4.79 Å². The lowest BCUT2D eigenvalue weighted by Crippen LogP contribution is -2.26. The highest BCUT2D eigenvalue weighted by Gasteiger charge is 2.13. The second kappa shape index (κ2) is 9.10. The summed E-state index contributed by atoms with van der Waals surface area (Å²) in [5.74, 6) is 0.747. The van der Waals surface area contributed by atoms with E-state index in [2.05, 4.69) is 18.3 Å². The zero-order valence-electron chi connectivity index (χ0n) is 12.0. The highest BCUT2D eigenvalue weighted by atomic mass is 32.1. The van der Waals surface area contributed by atoms with Crippen LogP contribution in [0.4, 0.5) is 0 Å². The van der Waals surface area contributed by atoms with E-state index >= 15 is 0 Å². The van der Waals surface area contributed by atoms with Crippen molar-refractivity contribution in [1.29, 1.82) is 0 Å². The topological polar surface area (TPSA) is 55.1 Å². The van der Waals surface area contributed by atoms with Gasteiger partial charge >= 0.3 is 0 Å². The van der Waals surface area contributed by atoms with Crippen molar-refractivity contribution in [3.63, 3.8) is 0 Å². The molecule has 0 aromatic carbocycles. The number of thiophene rings is 1. The van der Waals surface area contributed by atoms with Gasteiger partial charge in [0.1, 0.15) is 0 Å². The third-order valence-corrected chi connectivity index (χ3v) is 4.45. The lowest BCUT2D eigenvalue weighted by molar-refractivity contribution is -0.122. The molecule has 1 heterocycles. The summed E-state index contributed by atoms with van der Waals surface area (Å²) in [6.07, 6.45) is 4.93. The number of nitrogens with one attached hydrogen (secondary N) is 1.